The Morgan fingerprint density at radius 2 is 1.68 bits per heavy atom. The number of anilines is 1. The third kappa shape index (κ3) is 4.00. The van der Waals surface area contributed by atoms with Crippen molar-refractivity contribution in [2.75, 3.05) is 11.9 Å². The van der Waals surface area contributed by atoms with E-state index >= 15 is 0 Å². The Morgan fingerprint density at radius 1 is 1.05 bits per heavy atom. The molecule has 0 radical (unpaired) electrons. The van der Waals surface area contributed by atoms with Crippen molar-refractivity contribution in [2.24, 2.45) is 0 Å². The Kier molecular flexibility index (Phi) is 4.86. The molecular formula is C16H18BrNO. The summed E-state index contributed by atoms with van der Waals surface area (Å²) in [5.41, 5.74) is 2.36. The van der Waals surface area contributed by atoms with Crippen molar-refractivity contribution in [3.63, 3.8) is 0 Å². The second-order valence-electron chi connectivity index (χ2n) is 4.37. The van der Waals surface area contributed by atoms with Gasteiger partial charge in [-0.1, -0.05) is 28.1 Å². The number of nitrogens with one attached hydrogen (secondary N) is 1. The number of benzene rings is 2. The molecule has 0 aliphatic heterocycles. The lowest BCUT2D eigenvalue weighted by Crippen LogP contribution is -2.06. The number of hydrogen-bond donors (Lipinski definition) is 1. The lowest BCUT2D eigenvalue weighted by molar-refractivity contribution is 0.340. The van der Waals surface area contributed by atoms with Crippen LogP contribution in [0.2, 0.25) is 0 Å². The monoisotopic (exact) mass is 319 g/mol. The summed E-state index contributed by atoms with van der Waals surface area (Å²) in [6.07, 6.45) is 0. The normalized spacial score (nSPS) is 11.9. The minimum absolute atomic E-state index is 0.261. The first-order valence-corrected chi connectivity index (χ1v) is 7.23. The molecule has 0 aliphatic carbocycles. The van der Waals surface area contributed by atoms with E-state index in [2.05, 4.69) is 52.4 Å². The third-order valence-corrected chi connectivity index (χ3v) is 3.45. The summed E-state index contributed by atoms with van der Waals surface area (Å²) in [7, 11) is 0. The molecule has 2 nitrogen and oxygen atoms in total. The summed E-state index contributed by atoms with van der Waals surface area (Å²) in [4.78, 5) is 0. The molecular weight excluding hydrogens is 302 g/mol. The molecule has 0 bridgehead atoms. The first kappa shape index (κ1) is 13.9. The lowest BCUT2D eigenvalue weighted by atomic mass is 10.1. The summed E-state index contributed by atoms with van der Waals surface area (Å²) in [6.45, 7) is 4.84. The van der Waals surface area contributed by atoms with Gasteiger partial charge in [0, 0.05) is 16.2 Å². The van der Waals surface area contributed by atoms with E-state index in [1.807, 2.05) is 31.2 Å². The highest BCUT2D eigenvalue weighted by atomic mass is 79.9. The van der Waals surface area contributed by atoms with E-state index < -0.39 is 0 Å². The van der Waals surface area contributed by atoms with E-state index in [4.69, 9.17) is 4.74 Å². The van der Waals surface area contributed by atoms with Gasteiger partial charge in [-0.2, -0.15) is 0 Å². The van der Waals surface area contributed by atoms with Gasteiger partial charge in [0.1, 0.15) is 5.75 Å². The molecule has 2 rings (SSSR count). The molecule has 1 unspecified atom stereocenters. The van der Waals surface area contributed by atoms with Gasteiger partial charge in [-0.15, -0.1) is 0 Å². The fraction of sp³-hybridized carbons (Fsp3) is 0.250. The van der Waals surface area contributed by atoms with Crippen molar-refractivity contribution < 1.29 is 4.74 Å². The zero-order chi connectivity index (χ0) is 13.7. The van der Waals surface area contributed by atoms with Gasteiger partial charge in [0.05, 0.1) is 6.61 Å². The van der Waals surface area contributed by atoms with Crippen molar-refractivity contribution in [3.05, 3.63) is 58.6 Å². The molecule has 19 heavy (non-hydrogen) atoms. The van der Waals surface area contributed by atoms with Crippen LogP contribution in [0.5, 0.6) is 5.75 Å². The van der Waals surface area contributed by atoms with E-state index in [9.17, 15) is 0 Å². The number of halogens is 1. The van der Waals surface area contributed by atoms with Crippen LogP contribution in [0.15, 0.2) is 53.0 Å². The van der Waals surface area contributed by atoms with Crippen LogP contribution in [0, 0.1) is 0 Å². The van der Waals surface area contributed by atoms with E-state index in [1.165, 1.54) is 5.56 Å². The highest BCUT2D eigenvalue weighted by Gasteiger charge is 2.05. The quantitative estimate of drug-likeness (QED) is 0.835. The van der Waals surface area contributed by atoms with Gasteiger partial charge in [0.2, 0.25) is 0 Å². The van der Waals surface area contributed by atoms with E-state index in [0.29, 0.717) is 6.61 Å². The van der Waals surface area contributed by atoms with Crippen molar-refractivity contribution in [3.8, 4) is 5.75 Å². The minimum Gasteiger partial charge on any atom is -0.494 e. The highest BCUT2D eigenvalue weighted by Crippen LogP contribution is 2.22. The van der Waals surface area contributed by atoms with Gasteiger partial charge in [0.25, 0.3) is 0 Å². The standard InChI is InChI=1S/C16H18BrNO/c1-3-19-16-10-4-13(5-11-16)12(2)18-15-8-6-14(17)7-9-15/h4-12,18H,3H2,1-2H3. The predicted octanol–water partition coefficient (Wildman–Crippen LogP) is 5.02. The highest BCUT2D eigenvalue weighted by molar-refractivity contribution is 9.10. The second kappa shape index (κ2) is 6.62. The van der Waals surface area contributed by atoms with Crippen molar-refractivity contribution in [1.82, 2.24) is 0 Å². The molecule has 100 valence electrons. The topological polar surface area (TPSA) is 21.3 Å². The summed E-state index contributed by atoms with van der Waals surface area (Å²) >= 11 is 3.44. The van der Waals surface area contributed by atoms with Crippen LogP contribution >= 0.6 is 15.9 Å². The van der Waals surface area contributed by atoms with Gasteiger partial charge in [-0.25, -0.2) is 0 Å². The van der Waals surface area contributed by atoms with Gasteiger partial charge in [-0.05, 0) is 55.8 Å². The zero-order valence-corrected chi connectivity index (χ0v) is 12.8. The Labute approximate surface area is 122 Å². The molecule has 0 spiro atoms. The molecule has 1 N–H and O–H groups in total. The predicted molar refractivity (Wildman–Crippen MR) is 83.8 cm³/mol. The molecule has 2 aromatic rings. The average molecular weight is 320 g/mol. The lowest BCUT2D eigenvalue weighted by Gasteiger charge is -2.16. The molecule has 0 heterocycles. The van der Waals surface area contributed by atoms with Crippen LogP contribution < -0.4 is 10.1 Å². The smallest absolute Gasteiger partial charge is 0.119 e. The summed E-state index contributed by atoms with van der Waals surface area (Å²) < 4.78 is 6.54. The van der Waals surface area contributed by atoms with Gasteiger partial charge < -0.3 is 10.1 Å². The fourth-order valence-corrected chi connectivity index (χ4v) is 2.16. The van der Waals surface area contributed by atoms with Crippen molar-refractivity contribution in [1.29, 1.82) is 0 Å². The molecule has 0 aromatic heterocycles. The Morgan fingerprint density at radius 3 is 2.26 bits per heavy atom. The molecule has 1 atom stereocenters. The largest absolute Gasteiger partial charge is 0.494 e. The molecule has 0 amide bonds. The van der Waals surface area contributed by atoms with Crippen LogP contribution in [0.3, 0.4) is 0 Å². The maximum atomic E-state index is 5.45. The SMILES string of the molecule is CCOc1ccc(C(C)Nc2ccc(Br)cc2)cc1. The van der Waals surface area contributed by atoms with E-state index in [-0.39, 0.29) is 6.04 Å². The van der Waals surface area contributed by atoms with Crippen LogP contribution in [0.25, 0.3) is 0 Å². The summed E-state index contributed by atoms with van der Waals surface area (Å²) in [5, 5.41) is 3.48. The molecule has 0 fully saturated rings. The average Bonchev–Trinajstić information content (AvgIpc) is 2.42. The fourth-order valence-electron chi connectivity index (χ4n) is 1.90. The first-order valence-electron chi connectivity index (χ1n) is 6.44. The molecule has 0 aliphatic rings. The Balaban J connectivity index is 2.02. The van der Waals surface area contributed by atoms with E-state index in [1.54, 1.807) is 0 Å². The van der Waals surface area contributed by atoms with Crippen LogP contribution in [-0.4, -0.2) is 6.61 Å². The minimum atomic E-state index is 0.261. The van der Waals surface area contributed by atoms with Crippen molar-refractivity contribution >= 4 is 21.6 Å². The Hall–Kier alpha value is -1.48. The van der Waals surface area contributed by atoms with Crippen molar-refractivity contribution in [2.45, 2.75) is 19.9 Å². The summed E-state index contributed by atoms with van der Waals surface area (Å²) in [5.74, 6) is 0.919. The Bertz CT molecular complexity index is 507. The maximum absolute atomic E-state index is 5.45. The molecule has 2 aromatic carbocycles. The van der Waals surface area contributed by atoms with Crippen LogP contribution in [-0.2, 0) is 0 Å². The van der Waals surface area contributed by atoms with E-state index in [0.717, 1.165) is 15.9 Å². The van der Waals surface area contributed by atoms with Gasteiger partial charge in [-0.3, -0.25) is 0 Å². The van der Waals surface area contributed by atoms with Crippen LogP contribution in [0.1, 0.15) is 25.5 Å². The zero-order valence-electron chi connectivity index (χ0n) is 11.2. The molecule has 3 heteroatoms. The molecule has 0 saturated carbocycles. The van der Waals surface area contributed by atoms with Crippen LogP contribution in [0.4, 0.5) is 5.69 Å². The summed E-state index contributed by atoms with van der Waals surface area (Å²) in [6, 6.07) is 16.7. The molecule has 0 saturated heterocycles. The maximum Gasteiger partial charge on any atom is 0.119 e. The second-order valence-corrected chi connectivity index (χ2v) is 5.29. The number of rotatable bonds is 5. The first-order chi connectivity index (χ1) is 9.19. The van der Waals surface area contributed by atoms with Gasteiger partial charge in [0.15, 0.2) is 0 Å². The van der Waals surface area contributed by atoms with Gasteiger partial charge >= 0.3 is 0 Å². The third-order valence-electron chi connectivity index (χ3n) is 2.92. The number of ether oxygens (including phenoxy) is 1. The number of hydrogen-bond acceptors (Lipinski definition) is 2.